The van der Waals surface area contributed by atoms with Crippen LogP contribution in [0.1, 0.15) is 38.7 Å². The van der Waals surface area contributed by atoms with Crippen molar-refractivity contribution in [3.8, 4) is 0 Å². The van der Waals surface area contributed by atoms with E-state index in [-0.39, 0.29) is 23.7 Å². The molecule has 0 spiro atoms. The number of benzene rings is 1. The van der Waals surface area contributed by atoms with Gasteiger partial charge in [0.2, 0.25) is 5.91 Å². The van der Waals surface area contributed by atoms with Gasteiger partial charge in [0.05, 0.1) is 0 Å². The van der Waals surface area contributed by atoms with E-state index in [0.717, 1.165) is 24.0 Å². The summed E-state index contributed by atoms with van der Waals surface area (Å²) in [5.41, 5.74) is 1.17. The fourth-order valence-corrected chi connectivity index (χ4v) is 3.11. The molecule has 1 saturated heterocycles. The van der Waals surface area contributed by atoms with Crippen LogP contribution in [0.3, 0.4) is 0 Å². The van der Waals surface area contributed by atoms with Crippen LogP contribution in [0, 0.1) is 5.92 Å². The van der Waals surface area contributed by atoms with Crippen molar-refractivity contribution in [1.82, 2.24) is 10.6 Å². The topological polar surface area (TPSA) is 41.1 Å². The summed E-state index contributed by atoms with van der Waals surface area (Å²) in [5, 5.41) is 6.43. The van der Waals surface area contributed by atoms with E-state index >= 15 is 0 Å². The van der Waals surface area contributed by atoms with Crippen molar-refractivity contribution < 1.29 is 4.79 Å². The van der Waals surface area contributed by atoms with E-state index in [1.807, 2.05) is 12.1 Å². The van der Waals surface area contributed by atoms with Crippen LogP contribution < -0.4 is 10.6 Å². The third kappa shape index (κ3) is 5.90. The molecule has 3 nitrogen and oxygen atoms in total. The Kier molecular flexibility index (Phi) is 7.87. The second-order valence-electron chi connectivity index (χ2n) is 6.57. The Balaban J connectivity index is 0.00000242. The SMILES string of the molecule is CC(C)(CNC(=O)CCC1CCNC1)c1cccc(Br)c1.Cl. The van der Waals surface area contributed by atoms with E-state index < -0.39 is 0 Å². The molecule has 1 aliphatic rings. The average Bonchev–Trinajstić information content (AvgIpc) is 2.96. The van der Waals surface area contributed by atoms with Crippen LogP contribution in [0.2, 0.25) is 0 Å². The van der Waals surface area contributed by atoms with Gasteiger partial charge in [-0.25, -0.2) is 0 Å². The van der Waals surface area contributed by atoms with Crippen molar-refractivity contribution in [2.75, 3.05) is 19.6 Å². The highest BCUT2D eigenvalue weighted by molar-refractivity contribution is 9.10. The van der Waals surface area contributed by atoms with E-state index in [1.165, 1.54) is 12.0 Å². The third-order valence-electron chi connectivity index (χ3n) is 4.28. The maximum absolute atomic E-state index is 12.0. The molecule has 1 aliphatic heterocycles. The highest BCUT2D eigenvalue weighted by atomic mass is 79.9. The van der Waals surface area contributed by atoms with Crippen molar-refractivity contribution in [2.24, 2.45) is 5.92 Å². The first-order valence-electron chi connectivity index (χ1n) is 7.71. The first-order chi connectivity index (χ1) is 9.97. The van der Waals surface area contributed by atoms with Crippen molar-refractivity contribution in [3.05, 3.63) is 34.3 Å². The minimum Gasteiger partial charge on any atom is -0.355 e. The summed E-state index contributed by atoms with van der Waals surface area (Å²) in [6, 6.07) is 8.29. The molecule has 2 rings (SSSR count). The number of rotatable bonds is 6. The summed E-state index contributed by atoms with van der Waals surface area (Å²) in [5.74, 6) is 0.846. The predicted octanol–water partition coefficient (Wildman–Crippen LogP) is 3.65. The van der Waals surface area contributed by atoms with Crippen LogP contribution in [0.15, 0.2) is 28.7 Å². The number of halogens is 2. The van der Waals surface area contributed by atoms with Gasteiger partial charge < -0.3 is 10.6 Å². The molecular weight excluding hydrogens is 364 g/mol. The number of amides is 1. The monoisotopic (exact) mass is 388 g/mol. The normalized spacial score (nSPS) is 17.9. The summed E-state index contributed by atoms with van der Waals surface area (Å²) in [6.07, 6.45) is 2.84. The lowest BCUT2D eigenvalue weighted by atomic mass is 9.84. The Labute approximate surface area is 148 Å². The fraction of sp³-hybridized carbons (Fsp3) is 0.588. The number of carbonyl (C=O) groups is 1. The highest BCUT2D eigenvalue weighted by Gasteiger charge is 2.22. The lowest BCUT2D eigenvalue weighted by Gasteiger charge is -2.26. The van der Waals surface area contributed by atoms with Crippen LogP contribution in [0.4, 0.5) is 0 Å². The van der Waals surface area contributed by atoms with Crippen LogP contribution in [0.5, 0.6) is 0 Å². The van der Waals surface area contributed by atoms with E-state index in [9.17, 15) is 4.79 Å². The van der Waals surface area contributed by atoms with Crippen molar-refractivity contribution in [1.29, 1.82) is 0 Å². The number of hydrogen-bond donors (Lipinski definition) is 2. The summed E-state index contributed by atoms with van der Waals surface area (Å²) in [6.45, 7) is 7.16. The number of hydrogen-bond acceptors (Lipinski definition) is 2. The van der Waals surface area contributed by atoms with Crippen LogP contribution in [0.25, 0.3) is 0 Å². The lowest BCUT2D eigenvalue weighted by molar-refractivity contribution is -0.121. The van der Waals surface area contributed by atoms with Crippen molar-refractivity contribution in [3.63, 3.8) is 0 Å². The van der Waals surface area contributed by atoms with Gasteiger partial charge in [0.1, 0.15) is 0 Å². The molecule has 0 saturated carbocycles. The molecule has 1 aromatic carbocycles. The van der Waals surface area contributed by atoms with Gasteiger partial charge in [0, 0.05) is 22.9 Å². The van der Waals surface area contributed by atoms with Gasteiger partial charge in [0.15, 0.2) is 0 Å². The first-order valence-corrected chi connectivity index (χ1v) is 8.50. The van der Waals surface area contributed by atoms with Gasteiger partial charge in [-0.3, -0.25) is 4.79 Å². The van der Waals surface area contributed by atoms with Gasteiger partial charge in [-0.1, -0.05) is 41.9 Å². The van der Waals surface area contributed by atoms with Gasteiger partial charge >= 0.3 is 0 Å². The van der Waals surface area contributed by atoms with E-state index in [1.54, 1.807) is 0 Å². The zero-order valence-corrected chi connectivity index (χ0v) is 15.7. The smallest absolute Gasteiger partial charge is 0.220 e. The molecule has 0 bridgehead atoms. The fourth-order valence-electron chi connectivity index (χ4n) is 2.72. The number of carbonyl (C=O) groups excluding carboxylic acids is 1. The van der Waals surface area contributed by atoms with Crippen molar-refractivity contribution in [2.45, 2.75) is 38.5 Å². The van der Waals surface area contributed by atoms with E-state index in [4.69, 9.17) is 0 Å². The second kappa shape index (κ2) is 8.90. The average molecular weight is 390 g/mol. The molecular formula is C17H26BrClN2O. The van der Waals surface area contributed by atoms with Gasteiger partial charge in [-0.2, -0.15) is 0 Å². The molecule has 1 aromatic rings. The maximum Gasteiger partial charge on any atom is 0.220 e. The minimum atomic E-state index is -0.0612. The largest absolute Gasteiger partial charge is 0.355 e. The maximum atomic E-state index is 12.0. The number of nitrogens with one attached hydrogen (secondary N) is 2. The standard InChI is InChI=1S/C17H25BrN2O.ClH/c1-17(2,14-4-3-5-15(18)10-14)12-20-16(21)7-6-13-8-9-19-11-13;/h3-5,10,13,19H,6-9,11-12H2,1-2H3,(H,20,21);1H. The van der Waals surface area contributed by atoms with Crippen LogP contribution in [-0.2, 0) is 10.2 Å². The molecule has 1 unspecified atom stereocenters. The lowest BCUT2D eigenvalue weighted by Crippen LogP contribution is -2.36. The molecule has 2 N–H and O–H groups in total. The first kappa shape index (κ1) is 19.5. The molecule has 0 radical (unpaired) electrons. The summed E-state index contributed by atoms with van der Waals surface area (Å²) < 4.78 is 1.08. The molecule has 124 valence electrons. The summed E-state index contributed by atoms with van der Waals surface area (Å²) >= 11 is 3.50. The quantitative estimate of drug-likeness (QED) is 0.779. The van der Waals surface area contributed by atoms with Gasteiger partial charge in [0.25, 0.3) is 0 Å². The molecule has 1 fully saturated rings. The zero-order chi connectivity index (χ0) is 15.3. The molecule has 1 heterocycles. The Morgan fingerprint density at radius 3 is 2.86 bits per heavy atom. The van der Waals surface area contributed by atoms with E-state index in [2.05, 4.69) is 52.5 Å². The summed E-state index contributed by atoms with van der Waals surface area (Å²) in [4.78, 5) is 12.0. The third-order valence-corrected chi connectivity index (χ3v) is 4.77. The van der Waals surface area contributed by atoms with Gasteiger partial charge in [-0.05, 0) is 49.5 Å². The molecule has 1 atom stereocenters. The predicted molar refractivity (Wildman–Crippen MR) is 97.6 cm³/mol. The molecule has 22 heavy (non-hydrogen) atoms. The van der Waals surface area contributed by atoms with Gasteiger partial charge in [-0.15, -0.1) is 12.4 Å². The molecule has 5 heteroatoms. The van der Waals surface area contributed by atoms with Crippen LogP contribution in [-0.4, -0.2) is 25.5 Å². The van der Waals surface area contributed by atoms with E-state index in [0.29, 0.717) is 18.9 Å². The molecule has 0 aromatic heterocycles. The molecule has 1 amide bonds. The van der Waals surface area contributed by atoms with Crippen LogP contribution >= 0.6 is 28.3 Å². The summed E-state index contributed by atoms with van der Waals surface area (Å²) in [7, 11) is 0. The Morgan fingerprint density at radius 2 is 2.23 bits per heavy atom. The molecule has 0 aliphatic carbocycles. The Morgan fingerprint density at radius 1 is 1.45 bits per heavy atom. The zero-order valence-electron chi connectivity index (χ0n) is 13.3. The minimum absolute atomic E-state index is 0. The second-order valence-corrected chi connectivity index (χ2v) is 7.48. The highest BCUT2D eigenvalue weighted by Crippen LogP contribution is 2.25. The Bertz CT molecular complexity index is 487. The Hall–Kier alpha value is -0.580. The van der Waals surface area contributed by atoms with Crippen molar-refractivity contribution >= 4 is 34.2 Å².